The molecule has 3 rings (SSSR count). The van der Waals surface area contributed by atoms with Gasteiger partial charge in [-0.25, -0.2) is 14.4 Å². The minimum Gasteiger partial charge on any atom is -0.377 e. The molecule has 156 valence electrons. The Hall–Kier alpha value is -2.95. The third kappa shape index (κ3) is 4.56. The molecule has 11 heteroatoms. The summed E-state index contributed by atoms with van der Waals surface area (Å²) in [5, 5.41) is 5.10. The molecule has 7 nitrogen and oxygen atoms in total. The van der Waals surface area contributed by atoms with E-state index in [4.69, 9.17) is 11.5 Å². The number of anilines is 3. The van der Waals surface area contributed by atoms with Crippen LogP contribution < -0.4 is 22.1 Å². The molecule has 0 radical (unpaired) electrons. The highest BCUT2D eigenvalue weighted by Gasteiger charge is 2.39. The maximum Gasteiger partial charge on any atom is 0.435 e. The molecule has 0 saturated heterocycles. The number of nitrogens with one attached hydrogen (secondary N) is 2. The van der Waals surface area contributed by atoms with E-state index in [0.717, 1.165) is 12.8 Å². The lowest BCUT2D eigenvalue weighted by Gasteiger charge is -2.31. The number of carbonyl (C=O) groups excluding carboxylic acids is 1. The van der Waals surface area contributed by atoms with Crippen LogP contribution in [0.25, 0.3) is 0 Å². The van der Waals surface area contributed by atoms with Gasteiger partial charge in [-0.15, -0.1) is 0 Å². The van der Waals surface area contributed by atoms with E-state index in [9.17, 15) is 18.0 Å². The second-order valence-electron chi connectivity index (χ2n) is 6.80. The summed E-state index contributed by atoms with van der Waals surface area (Å²) in [5.41, 5.74) is 8.64. The summed E-state index contributed by atoms with van der Waals surface area (Å²) in [6.45, 7) is 0. The van der Waals surface area contributed by atoms with Crippen molar-refractivity contribution in [1.29, 1.82) is 0 Å². The summed E-state index contributed by atoms with van der Waals surface area (Å²) >= 11 is 0. The SMILES string of the molecule is NC(=O)c1cccnc1Nc1cnc(C(F)(F)F)c(NC2CCCCC2N)c1F. The number of hydrogen-bond acceptors (Lipinski definition) is 6. The lowest BCUT2D eigenvalue weighted by atomic mass is 9.91. The Morgan fingerprint density at radius 1 is 1.21 bits per heavy atom. The van der Waals surface area contributed by atoms with E-state index < -0.39 is 41.4 Å². The fourth-order valence-corrected chi connectivity index (χ4v) is 3.28. The Labute approximate surface area is 163 Å². The predicted molar refractivity (Wildman–Crippen MR) is 99.1 cm³/mol. The van der Waals surface area contributed by atoms with Gasteiger partial charge in [0.05, 0.1) is 17.4 Å². The van der Waals surface area contributed by atoms with Crippen LogP contribution in [-0.4, -0.2) is 28.0 Å². The van der Waals surface area contributed by atoms with Crippen LogP contribution in [0.5, 0.6) is 0 Å². The van der Waals surface area contributed by atoms with Gasteiger partial charge in [0.25, 0.3) is 5.91 Å². The fraction of sp³-hybridized carbons (Fsp3) is 0.389. The molecule has 0 spiro atoms. The summed E-state index contributed by atoms with van der Waals surface area (Å²) in [4.78, 5) is 18.8. The van der Waals surface area contributed by atoms with Gasteiger partial charge in [-0.1, -0.05) is 12.8 Å². The van der Waals surface area contributed by atoms with Gasteiger partial charge in [-0.2, -0.15) is 13.2 Å². The highest BCUT2D eigenvalue weighted by atomic mass is 19.4. The van der Waals surface area contributed by atoms with Crippen LogP contribution in [0.4, 0.5) is 34.8 Å². The van der Waals surface area contributed by atoms with Crippen molar-refractivity contribution in [3.05, 3.63) is 41.6 Å². The zero-order chi connectivity index (χ0) is 21.2. The summed E-state index contributed by atoms with van der Waals surface area (Å²) in [6.07, 6.45) is -0.0691. The van der Waals surface area contributed by atoms with Crippen molar-refractivity contribution >= 4 is 23.1 Å². The maximum absolute atomic E-state index is 15.1. The van der Waals surface area contributed by atoms with Crippen molar-refractivity contribution < 1.29 is 22.4 Å². The summed E-state index contributed by atoms with van der Waals surface area (Å²) < 4.78 is 55.4. The maximum atomic E-state index is 15.1. The standard InChI is InChI=1S/C18H20F4N6O/c19-13-12(28-17-9(16(24)29)4-3-7-25-17)8-26-15(18(20,21)22)14(13)27-11-6-2-1-5-10(11)23/h3-4,7-8,10-11,27H,1-2,5-6,23H2,(H2,24,29)(H,25,28). The Morgan fingerprint density at radius 3 is 2.59 bits per heavy atom. The number of rotatable bonds is 5. The molecule has 0 aromatic carbocycles. The molecule has 1 aliphatic carbocycles. The van der Waals surface area contributed by atoms with Gasteiger partial charge < -0.3 is 22.1 Å². The van der Waals surface area contributed by atoms with Gasteiger partial charge in [-0.05, 0) is 25.0 Å². The van der Waals surface area contributed by atoms with E-state index in [1.165, 1.54) is 18.3 Å². The molecule has 2 aromatic heterocycles. The average Bonchev–Trinajstić information content (AvgIpc) is 2.66. The van der Waals surface area contributed by atoms with Crippen LogP contribution in [-0.2, 0) is 6.18 Å². The third-order valence-corrected chi connectivity index (χ3v) is 4.76. The number of carbonyl (C=O) groups is 1. The highest BCUT2D eigenvalue weighted by Crippen LogP contribution is 2.38. The molecule has 0 bridgehead atoms. The minimum atomic E-state index is -4.87. The predicted octanol–water partition coefficient (Wildman–Crippen LogP) is 3.16. The summed E-state index contributed by atoms with van der Waals surface area (Å²) in [7, 11) is 0. The number of nitrogens with two attached hydrogens (primary N) is 2. The second-order valence-corrected chi connectivity index (χ2v) is 6.80. The van der Waals surface area contributed by atoms with E-state index in [2.05, 4.69) is 20.6 Å². The van der Waals surface area contributed by atoms with Crippen molar-refractivity contribution in [2.45, 2.75) is 43.9 Å². The van der Waals surface area contributed by atoms with E-state index >= 15 is 4.39 Å². The fourth-order valence-electron chi connectivity index (χ4n) is 3.28. The van der Waals surface area contributed by atoms with Crippen LogP contribution in [0, 0.1) is 5.82 Å². The largest absolute Gasteiger partial charge is 0.435 e. The number of halogens is 4. The molecule has 0 aliphatic heterocycles. The van der Waals surface area contributed by atoms with Crippen molar-refractivity contribution in [2.24, 2.45) is 11.5 Å². The molecular weight excluding hydrogens is 392 g/mol. The molecular formula is C18H20F4N6O. The number of amides is 1. The molecule has 1 aliphatic rings. The molecule has 2 heterocycles. The van der Waals surface area contributed by atoms with Crippen LogP contribution in [0.15, 0.2) is 24.5 Å². The van der Waals surface area contributed by atoms with Gasteiger partial charge in [0, 0.05) is 18.3 Å². The Bertz CT molecular complexity index is 904. The quantitative estimate of drug-likeness (QED) is 0.560. The molecule has 1 fully saturated rings. The first-order valence-electron chi connectivity index (χ1n) is 8.98. The van der Waals surface area contributed by atoms with Gasteiger partial charge in [-0.3, -0.25) is 4.79 Å². The van der Waals surface area contributed by atoms with Gasteiger partial charge in [0.15, 0.2) is 11.5 Å². The third-order valence-electron chi connectivity index (χ3n) is 4.76. The van der Waals surface area contributed by atoms with Crippen LogP contribution in [0.3, 0.4) is 0 Å². The highest BCUT2D eigenvalue weighted by molar-refractivity contribution is 5.98. The molecule has 1 amide bonds. The summed E-state index contributed by atoms with van der Waals surface area (Å²) in [6, 6.07) is 1.88. The van der Waals surface area contributed by atoms with Gasteiger partial charge in [0.2, 0.25) is 0 Å². The average molecular weight is 412 g/mol. The number of nitrogens with zero attached hydrogens (tertiary/aromatic N) is 2. The second kappa shape index (κ2) is 8.19. The molecule has 29 heavy (non-hydrogen) atoms. The molecule has 1 saturated carbocycles. The van der Waals surface area contributed by atoms with Crippen molar-refractivity contribution in [3.8, 4) is 0 Å². The Balaban J connectivity index is 2.01. The minimum absolute atomic E-state index is 0.0457. The van der Waals surface area contributed by atoms with E-state index in [-0.39, 0.29) is 17.1 Å². The Morgan fingerprint density at radius 2 is 1.93 bits per heavy atom. The van der Waals surface area contributed by atoms with Gasteiger partial charge >= 0.3 is 6.18 Å². The van der Waals surface area contributed by atoms with Crippen molar-refractivity contribution in [1.82, 2.24) is 9.97 Å². The lowest BCUT2D eigenvalue weighted by molar-refractivity contribution is -0.140. The number of pyridine rings is 2. The lowest BCUT2D eigenvalue weighted by Crippen LogP contribution is -2.43. The first-order valence-corrected chi connectivity index (χ1v) is 8.98. The number of aromatic nitrogens is 2. The van der Waals surface area contributed by atoms with Gasteiger partial charge in [0.1, 0.15) is 11.5 Å². The summed E-state index contributed by atoms with van der Waals surface area (Å²) in [5.74, 6) is -2.13. The van der Waals surface area contributed by atoms with Crippen molar-refractivity contribution in [2.75, 3.05) is 10.6 Å². The normalized spacial score (nSPS) is 19.6. The molecule has 6 N–H and O–H groups in total. The first-order chi connectivity index (χ1) is 13.7. The topological polar surface area (TPSA) is 119 Å². The number of primary amides is 1. The smallest absolute Gasteiger partial charge is 0.377 e. The van der Waals surface area contributed by atoms with E-state index in [1.807, 2.05) is 0 Å². The zero-order valence-electron chi connectivity index (χ0n) is 15.3. The number of hydrogen-bond donors (Lipinski definition) is 4. The van der Waals surface area contributed by atoms with Crippen molar-refractivity contribution in [3.63, 3.8) is 0 Å². The van der Waals surface area contributed by atoms with Crippen LogP contribution in [0.1, 0.15) is 41.7 Å². The zero-order valence-corrected chi connectivity index (χ0v) is 15.3. The Kier molecular flexibility index (Phi) is 5.87. The van der Waals surface area contributed by atoms with E-state index in [0.29, 0.717) is 19.0 Å². The van der Waals surface area contributed by atoms with Crippen LogP contribution in [0.2, 0.25) is 0 Å². The van der Waals surface area contributed by atoms with E-state index in [1.54, 1.807) is 0 Å². The monoisotopic (exact) mass is 412 g/mol. The molecule has 2 aromatic rings. The molecule has 2 atom stereocenters. The first kappa shape index (κ1) is 20.8. The van der Waals surface area contributed by atoms with Crippen LogP contribution >= 0.6 is 0 Å². The number of alkyl halides is 3. The molecule has 2 unspecified atom stereocenters.